The second kappa shape index (κ2) is 4.00. The predicted octanol–water partition coefficient (Wildman–Crippen LogP) is 3.21. The Bertz CT molecular complexity index is 591. The molecule has 0 unspecified atom stereocenters. The van der Waals surface area contributed by atoms with Crippen LogP contribution >= 0.6 is 0 Å². The average Bonchev–Trinajstić information content (AvgIpc) is 2.43. The number of aldehydes is 2. The van der Waals surface area contributed by atoms with E-state index in [0.717, 1.165) is 12.6 Å². The van der Waals surface area contributed by atoms with E-state index in [9.17, 15) is 9.59 Å². The lowest BCUT2D eigenvalue weighted by Crippen LogP contribution is -2.00. The molecule has 2 aromatic rings. The highest BCUT2D eigenvalue weighted by molar-refractivity contribution is 5.78. The minimum Gasteiger partial charge on any atom is -0.450 e. The van der Waals surface area contributed by atoms with Gasteiger partial charge in [-0.1, -0.05) is 0 Å². The van der Waals surface area contributed by atoms with Gasteiger partial charge in [-0.2, -0.15) is 0 Å². The van der Waals surface area contributed by atoms with Gasteiger partial charge in [-0.25, -0.2) is 0 Å². The van der Waals surface area contributed by atoms with Gasteiger partial charge in [0.1, 0.15) is 12.6 Å². The largest absolute Gasteiger partial charge is 0.450 e. The number of hydrogen-bond acceptors (Lipinski definition) is 4. The summed E-state index contributed by atoms with van der Waals surface area (Å²) in [4.78, 5) is 21.4. The lowest BCUT2D eigenvalue weighted by atomic mass is 10.1. The van der Waals surface area contributed by atoms with Crippen molar-refractivity contribution >= 4 is 12.6 Å². The second-order valence-electron chi connectivity index (χ2n) is 3.85. The highest BCUT2D eigenvalue weighted by atomic mass is 16.6. The predicted molar refractivity (Wildman–Crippen MR) is 63.8 cm³/mol. The van der Waals surface area contributed by atoms with Gasteiger partial charge in [0.2, 0.25) is 0 Å². The van der Waals surface area contributed by atoms with Crippen LogP contribution in [-0.2, 0) is 0 Å². The van der Waals surface area contributed by atoms with Crippen molar-refractivity contribution in [2.75, 3.05) is 0 Å². The molecule has 0 aromatic heterocycles. The number of rotatable bonds is 2. The Morgan fingerprint density at radius 1 is 0.667 bits per heavy atom. The third-order valence-electron chi connectivity index (χ3n) is 2.65. The summed E-state index contributed by atoms with van der Waals surface area (Å²) in [6.07, 6.45) is 1.47. The molecule has 4 heteroatoms. The van der Waals surface area contributed by atoms with Crippen LogP contribution in [0.1, 0.15) is 20.7 Å². The molecule has 3 rings (SSSR count). The topological polar surface area (TPSA) is 52.6 Å². The molecule has 0 atom stereocenters. The lowest BCUT2D eigenvalue weighted by Gasteiger charge is -2.20. The maximum Gasteiger partial charge on any atom is 0.170 e. The summed E-state index contributed by atoms with van der Waals surface area (Å²) in [7, 11) is 0. The SMILES string of the molecule is O=Cc1ccc2c(c1)Oc1cc(C=O)ccc1O2. The molecule has 0 saturated heterocycles. The number of hydrogen-bond donors (Lipinski definition) is 0. The third-order valence-corrected chi connectivity index (χ3v) is 2.65. The van der Waals surface area contributed by atoms with Gasteiger partial charge in [-0.05, 0) is 36.4 Å². The second-order valence-corrected chi connectivity index (χ2v) is 3.85. The van der Waals surface area contributed by atoms with E-state index in [1.54, 1.807) is 36.4 Å². The van der Waals surface area contributed by atoms with Gasteiger partial charge < -0.3 is 9.47 Å². The van der Waals surface area contributed by atoms with E-state index in [2.05, 4.69) is 0 Å². The zero-order valence-corrected chi connectivity index (χ0v) is 9.25. The van der Waals surface area contributed by atoms with Crippen molar-refractivity contribution in [1.82, 2.24) is 0 Å². The zero-order chi connectivity index (χ0) is 12.5. The molecule has 88 valence electrons. The van der Waals surface area contributed by atoms with E-state index >= 15 is 0 Å². The molecule has 0 fully saturated rings. The normalized spacial score (nSPS) is 11.6. The molecule has 0 N–H and O–H groups in total. The fraction of sp³-hybridized carbons (Fsp3) is 0. The fourth-order valence-corrected chi connectivity index (χ4v) is 1.76. The van der Waals surface area contributed by atoms with Crippen molar-refractivity contribution < 1.29 is 19.1 Å². The Balaban J connectivity index is 2.06. The van der Waals surface area contributed by atoms with Crippen LogP contribution in [0.3, 0.4) is 0 Å². The molecule has 1 heterocycles. The number of benzene rings is 2. The molecule has 18 heavy (non-hydrogen) atoms. The van der Waals surface area contributed by atoms with Gasteiger partial charge >= 0.3 is 0 Å². The molecule has 1 aliphatic heterocycles. The number of fused-ring (bicyclic) bond motifs is 2. The summed E-state index contributed by atoms with van der Waals surface area (Å²) in [5.74, 6) is 2.03. The first-order valence-electron chi connectivity index (χ1n) is 5.34. The van der Waals surface area contributed by atoms with Crippen LogP contribution in [-0.4, -0.2) is 12.6 Å². The van der Waals surface area contributed by atoms with Crippen LogP contribution in [0.4, 0.5) is 0 Å². The Kier molecular flexibility index (Phi) is 2.34. The fourth-order valence-electron chi connectivity index (χ4n) is 1.76. The smallest absolute Gasteiger partial charge is 0.170 e. The summed E-state index contributed by atoms with van der Waals surface area (Å²) >= 11 is 0. The van der Waals surface area contributed by atoms with Crippen LogP contribution in [0.5, 0.6) is 23.0 Å². The maximum absolute atomic E-state index is 10.7. The Labute approximate surface area is 103 Å². The maximum atomic E-state index is 10.7. The quantitative estimate of drug-likeness (QED) is 0.645. The van der Waals surface area contributed by atoms with Crippen molar-refractivity contribution in [1.29, 1.82) is 0 Å². The number of carbonyl (C=O) groups is 2. The first-order chi connectivity index (χ1) is 8.80. The average molecular weight is 240 g/mol. The lowest BCUT2D eigenvalue weighted by molar-refractivity contribution is 0.111. The molecule has 0 saturated carbocycles. The third kappa shape index (κ3) is 1.64. The Morgan fingerprint density at radius 3 is 1.56 bits per heavy atom. The Hall–Kier alpha value is -2.62. The van der Waals surface area contributed by atoms with E-state index in [4.69, 9.17) is 9.47 Å². The first-order valence-corrected chi connectivity index (χ1v) is 5.34. The van der Waals surface area contributed by atoms with Gasteiger partial charge in [-0.15, -0.1) is 0 Å². The molecule has 0 spiro atoms. The molecule has 1 aliphatic rings. The van der Waals surface area contributed by atoms with Crippen LogP contribution in [0.25, 0.3) is 0 Å². The van der Waals surface area contributed by atoms with Crippen molar-refractivity contribution in [3.8, 4) is 23.0 Å². The summed E-state index contributed by atoms with van der Waals surface area (Å²) in [5.41, 5.74) is 1.01. The highest BCUT2D eigenvalue weighted by Gasteiger charge is 2.19. The van der Waals surface area contributed by atoms with E-state index in [1.165, 1.54) is 0 Å². The summed E-state index contributed by atoms with van der Waals surface area (Å²) in [5, 5.41) is 0. The van der Waals surface area contributed by atoms with Crippen LogP contribution < -0.4 is 9.47 Å². The molecule has 0 aliphatic carbocycles. The van der Waals surface area contributed by atoms with Crippen molar-refractivity contribution in [2.24, 2.45) is 0 Å². The minimum atomic E-state index is 0.468. The van der Waals surface area contributed by atoms with Gasteiger partial charge in [-0.3, -0.25) is 9.59 Å². The molecule has 0 radical (unpaired) electrons. The molecule has 0 bridgehead atoms. The van der Waals surface area contributed by atoms with Crippen molar-refractivity contribution in [3.05, 3.63) is 47.5 Å². The summed E-state index contributed by atoms with van der Waals surface area (Å²) in [6, 6.07) is 9.85. The van der Waals surface area contributed by atoms with Crippen LogP contribution in [0.2, 0.25) is 0 Å². The minimum absolute atomic E-state index is 0.468. The molecular weight excluding hydrogens is 232 g/mol. The molecule has 2 aromatic carbocycles. The van der Waals surface area contributed by atoms with E-state index in [-0.39, 0.29) is 0 Å². The van der Waals surface area contributed by atoms with Gasteiger partial charge in [0.15, 0.2) is 23.0 Å². The van der Waals surface area contributed by atoms with E-state index in [0.29, 0.717) is 34.1 Å². The van der Waals surface area contributed by atoms with Crippen LogP contribution in [0.15, 0.2) is 36.4 Å². The Morgan fingerprint density at radius 2 is 1.11 bits per heavy atom. The first kappa shape index (κ1) is 10.5. The highest BCUT2D eigenvalue weighted by Crippen LogP contribution is 2.45. The monoisotopic (exact) mass is 240 g/mol. The molecular formula is C14H8O4. The van der Waals surface area contributed by atoms with Gasteiger partial charge in [0.05, 0.1) is 0 Å². The molecule has 0 amide bonds. The van der Waals surface area contributed by atoms with Crippen molar-refractivity contribution in [2.45, 2.75) is 0 Å². The summed E-state index contributed by atoms with van der Waals surface area (Å²) < 4.78 is 11.2. The zero-order valence-electron chi connectivity index (χ0n) is 9.25. The van der Waals surface area contributed by atoms with E-state index in [1.807, 2.05) is 0 Å². The molecule has 4 nitrogen and oxygen atoms in total. The van der Waals surface area contributed by atoms with Gasteiger partial charge in [0.25, 0.3) is 0 Å². The van der Waals surface area contributed by atoms with E-state index < -0.39 is 0 Å². The summed E-state index contributed by atoms with van der Waals surface area (Å²) in [6.45, 7) is 0. The van der Waals surface area contributed by atoms with Crippen LogP contribution in [0, 0.1) is 0 Å². The standard InChI is InChI=1S/C14H8O4/c15-7-9-1-3-11-13(5-9)18-14-6-10(8-16)2-4-12(14)17-11/h1-8H. The number of ether oxygens (including phenoxy) is 2. The number of carbonyl (C=O) groups excluding carboxylic acids is 2. The van der Waals surface area contributed by atoms with Crippen molar-refractivity contribution in [3.63, 3.8) is 0 Å². The van der Waals surface area contributed by atoms with Gasteiger partial charge in [0, 0.05) is 11.1 Å².